The second-order valence-electron chi connectivity index (χ2n) is 4.99. The molecule has 0 saturated heterocycles. The van der Waals surface area contributed by atoms with E-state index in [0.717, 1.165) is 10.8 Å². The molecule has 4 heteroatoms. The molecule has 0 bridgehead atoms. The van der Waals surface area contributed by atoms with E-state index in [1.807, 2.05) is 30.3 Å². The van der Waals surface area contributed by atoms with E-state index < -0.39 is 12.0 Å². The molecule has 1 amide bonds. The lowest BCUT2D eigenvalue weighted by Gasteiger charge is -2.15. The number of benzene rings is 2. The Morgan fingerprint density at radius 2 is 1.91 bits per heavy atom. The molecule has 0 aromatic heterocycles. The van der Waals surface area contributed by atoms with Gasteiger partial charge in [-0.25, -0.2) is 4.79 Å². The molecule has 0 aliphatic carbocycles. The van der Waals surface area contributed by atoms with Gasteiger partial charge in [0.15, 0.2) is 0 Å². The molecular formula is C18H17NO3. The van der Waals surface area contributed by atoms with Crippen LogP contribution < -0.4 is 5.32 Å². The number of nitrogens with one attached hydrogen (secondary N) is 1. The number of carboxylic acid groups (broad SMARTS) is 1. The predicted molar refractivity (Wildman–Crippen MR) is 85.5 cm³/mol. The first-order chi connectivity index (χ1) is 10.6. The summed E-state index contributed by atoms with van der Waals surface area (Å²) in [7, 11) is 0. The van der Waals surface area contributed by atoms with Crippen LogP contribution in [0.1, 0.15) is 29.6 Å². The van der Waals surface area contributed by atoms with Crippen LogP contribution in [-0.2, 0) is 4.79 Å². The van der Waals surface area contributed by atoms with Crippen LogP contribution in [0, 0.1) is 12.3 Å². The molecule has 0 spiro atoms. The number of carbonyl (C=O) groups is 2. The Morgan fingerprint density at radius 3 is 2.64 bits per heavy atom. The van der Waals surface area contributed by atoms with Gasteiger partial charge in [-0.15, -0.1) is 12.3 Å². The second kappa shape index (κ2) is 7.28. The molecule has 0 fully saturated rings. The van der Waals surface area contributed by atoms with Crippen LogP contribution >= 0.6 is 0 Å². The van der Waals surface area contributed by atoms with Gasteiger partial charge in [0.2, 0.25) is 0 Å². The summed E-state index contributed by atoms with van der Waals surface area (Å²) in [6.07, 6.45) is 6.53. The number of hydrogen-bond acceptors (Lipinski definition) is 2. The van der Waals surface area contributed by atoms with Crippen LogP contribution in [0.5, 0.6) is 0 Å². The number of rotatable bonds is 6. The van der Waals surface area contributed by atoms with Gasteiger partial charge in [0.05, 0.1) is 0 Å². The highest BCUT2D eigenvalue weighted by Gasteiger charge is 2.20. The third-order valence-corrected chi connectivity index (χ3v) is 3.45. The average Bonchev–Trinajstić information content (AvgIpc) is 2.53. The highest BCUT2D eigenvalue weighted by molar-refractivity contribution is 6.07. The normalized spacial score (nSPS) is 11.6. The van der Waals surface area contributed by atoms with E-state index in [1.54, 1.807) is 12.1 Å². The molecule has 0 heterocycles. The van der Waals surface area contributed by atoms with Crippen LogP contribution in [0.2, 0.25) is 0 Å². The Hall–Kier alpha value is -2.80. The summed E-state index contributed by atoms with van der Waals surface area (Å²) in [5, 5.41) is 13.5. The summed E-state index contributed by atoms with van der Waals surface area (Å²) in [6, 6.07) is 12.0. The van der Waals surface area contributed by atoms with Crippen molar-refractivity contribution >= 4 is 22.6 Å². The number of unbranched alkanes of at least 4 members (excludes halogenated alkanes) is 1. The molecule has 0 aliphatic rings. The molecule has 0 saturated carbocycles. The van der Waals surface area contributed by atoms with Gasteiger partial charge in [-0.2, -0.15) is 0 Å². The highest BCUT2D eigenvalue weighted by Crippen LogP contribution is 2.18. The first-order valence-electron chi connectivity index (χ1n) is 7.08. The molecule has 4 nitrogen and oxygen atoms in total. The van der Waals surface area contributed by atoms with E-state index in [1.165, 1.54) is 0 Å². The van der Waals surface area contributed by atoms with Crippen molar-refractivity contribution in [1.82, 2.24) is 5.32 Å². The quantitative estimate of drug-likeness (QED) is 0.636. The van der Waals surface area contributed by atoms with Crippen LogP contribution in [0.25, 0.3) is 10.8 Å². The molecule has 0 radical (unpaired) electrons. The molecular weight excluding hydrogens is 278 g/mol. The molecule has 2 rings (SSSR count). The van der Waals surface area contributed by atoms with Crippen molar-refractivity contribution in [2.24, 2.45) is 0 Å². The minimum Gasteiger partial charge on any atom is -0.480 e. The molecule has 2 aromatic rings. The molecule has 22 heavy (non-hydrogen) atoms. The first kappa shape index (κ1) is 15.6. The molecule has 0 aliphatic heterocycles. The van der Waals surface area contributed by atoms with E-state index in [9.17, 15) is 14.7 Å². The van der Waals surface area contributed by atoms with E-state index in [4.69, 9.17) is 6.42 Å². The van der Waals surface area contributed by atoms with Gasteiger partial charge in [-0.05, 0) is 29.7 Å². The van der Waals surface area contributed by atoms with Gasteiger partial charge < -0.3 is 10.4 Å². The number of carbonyl (C=O) groups excluding carboxylic acids is 1. The summed E-state index contributed by atoms with van der Waals surface area (Å²) in [4.78, 5) is 23.6. The lowest BCUT2D eigenvalue weighted by molar-refractivity contribution is -0.139. The number of amides is 1. The van der Waals surface area contributed by atoms with E-state index in [0.29, 0.717) is 24.8 Å². The number of aliphatic carboxylic acids is 1. The van der Waals surface area contributed by atoms with Crippen LogP contribution in [0.3, 0.4) is 0 Å². The lowest BCUT2D eigenvalue weighted by atomic mass is 10.0. The zero-order valence-corrected chi connectivity index (χ0v) is 12.1. The Balaban J connectivity index is 2.19. The van der Waals surface area contributed by atoms with Gasteiger partial charge in [-0.1, -0.05) is 36.4 Å². The number of terminal acetylenes is 1. The Labute approximate surface area is 129 Å². The SMILES string of the molecule is C#CCCC[C@H](NC(=O)c1cccc2ccccc12)C(=O)O. The summed E-state index contributed by atoms with van der Waals surface area (Å²) < 4.78 is 0. The van der Waals surface area contributed by atoms with Gasteiger partial charge in [0, 0.05) is 12.0 Å². The minimum atomic E-state index is -1.05. The maximum Gasteiger partial charge on any atom is 0.326 e. The standard InChI is InChI=1S/C18H17NO3/c1-2-3-4-12-16(18(21)22)19-17(20)15-11-7-9-13-8-5-6-10-14(13)15/h1,5-11,16H,3-4,12H2,(H,19,20)(H,21,22)/t16-/m0/s1. The maximum absolute atomic E-state index is 12.4. The van der Waals surface area contributed by atoms with Crippen molar-refractivity contribution in [1.29, 1.82) is 0 Å². The van der Waals surface area contributed by atoms with Crippen molar-refractivity contribution in [2.45, 2.75) is 25.3 Å². The Bertz CT molecular complexity index is 725. The van der Waals surface area contributed by atoms with Crippen molar-refractivity contribution in [2.75, 3.05) is 0 Å². The lowest BCUT2D eigenvalue weighted by Crippen LogP contribution is -2.40. The molecule has 112 valence electrons. The van der Waals surface area contributed by atoms with E-state index in [2.05, 4.69) is 11.2 Å². The van der Waals surface area contributed by atoms with Gasteiger partial charge in [-0.3, -0.25) is 4.79 Å². The van der Waals surface area contributed by atoms with Gasteiger partial charge in [0.1, 0.15) is 6.04 Å². The minimum absolute atomic E-state index is 0.316. The summed E-state index contributed by atoms with van der Waals surface area (Å²) in [5.41, 5.74) is 0.473. The average molecular weight is 295 g/mol. The zero-order chi connectivity index (χ0) is 15.9. The van der Waals surface area contributed by atoms with Crippen LogP contribution in [0.15, 0.2) is 42.5 Å². The smallest absolute Gasteiger partial charge is 0.326 e. The third-order valence-electron chi connectivity index (χ3n) is 3.45. The number of hydrogen-bond donors (Lipinski definition) is 2. The molecule has 1 atom stereocenters. The zero-order valence-electron chi connectivity index (χ0n) is 12.1. The maximum atomic E-state index is 12.4. The molecule has 0 unspecified atom stereocenters. The monoisotopic (exact) mass is 295 g/mol. The van der Waals surface area contributed by atoms with Gasteiger partial charge >= 0.3 is 5.97 Å². The Morgan fingerprint density at radius 1 is 1.18 bits per heavy atom. The number of carboxylic acids is 1. The highest BCUT2D eigenvalue weighted by atomic mass is 16.4. The third kappa shape index (κ3) is 3.64. The molecule has 2 aromatic carbocycles. The van der Waals surface area contributed by atoms with E-state index >= 15 is 0 Å². The van der Waals surface area contributed by atoms with Crippen molar-refractivity contribution in [3.8, 4) is 12.3 Å². The molecule has 2 N–H and O–H groups in total. The van der Waals surface area contributed by atoms with Gasteiger partial charge in [0.25, 0.3) is 5.91 Å². The predicted octanol–water partition coefficient (Wildman–Crippen LogP) is 2.83. The van der Waals surface area contributed by atoms with Crippen LogP contribution in [0.4, 0.5) is 0 Å². The topological polar surface area (TPSA) is 66.4 Å². The van der Waals surface area contributed by atoms with Crippen LogP contribution in [-0.4, -0.2) is 23.0 Å². The largest absolute Gasteiger partial charge is 0.480 e. The van der Waals surface area contributed by atoms with Crippen molar-refractivity contribution < 1.29 is 14.7 Å². The van der Waals surface area contributed by atoms with Crippen molar-refractivity contribution in [3.63, 3.8) is 0 Å². The summed E-state index contributed by atoms with van der Waals surface area (Å²) >= 11 is 0. The number of fused-ring (bicyclic) bond motifs is 1. The summed E-state index contributed by atoms with van der Waals surface area (Å²) in [6.45, 7) is 0. The fourth-order valence-corrected chi connectivity index (χ4v) is 2.33. The van der Waals surface area contributed by atoms with E-state index in [-0.39, 0.29) is 5.91 Å². The second-order valence-corrected chi connectivity index (χ2v) is 4.99. The van der Waals surface area contributed by atoms with Crippen molar-refractivity contribution in [3.05, 3.63) is 48.0 Å². The first-order valence-corrected chi connectivity index (χ1v) is 7.08. The summed E-state index contributed by atoms with van der Waals surface area (Å²) in [5.74, 6) is 1.03. The fourth-order valence-electron chi connectivity index (χ4n) is 2.33. The Kier molecular flexibility index (Phi) is 5.16. The fraction of sp³-hybridized carbons (Fsp3) is 0.222.